The number of benzene rings is 1. The lowest BCUT2D eigenvalue weighted by atomic mass is 9.69. The predicted molar refractivity (Wildman–Crippen MR) is 73.4 cm³/mol. The van der Waals surface area contributed by atoms with Gasteiger partial charge in [-0.1, -0.05) is 36.8 Å². The Hall–Kier alpha value is -1.35. The van der Waals surface area contributed by atoms with Gasteiger partial charge in [0.2, 0.25) is 0 Å². The van der Waals surface area contributed by atoms with Crippen LogP contribution in [0.5, 0.6) is 0 Å². The lowest BCUT2D eigenvalue weighted by Gasteiger charge is -2.41. The van der Waals surface area contributed by atoms with Crippen LogP contribution in [0.4, 0.5) is 0 Å². The van der Waals surface area contributed by atoms with Crippen molar-refractivity contribution in [2.45, 2.75) is 25.9 Å². The number of esters is 1. The second kappa shape index (κ2) is 5.74. The molecule has 1 aromatic rings. The summed E-state index contributed by atoms with van der Waals surface area (Å²) < 4.78 is 5.54. The molecule has 19 heavy (non-hydrogen) atoms. The molecule has 102 valence electrons. The Morgan fingerprint density at radius 2 is 1.84 bits per heavy atom. The zero-order valence-electron chi connectivity index (χ0n) is 11.2. The normalized spacial score (nSPS) is 29.8. The van der Waals surface area contributed by atoms with Gasteiger partial charge in [-0.25, -0.2) is 0 Å². The van der Waals surface area contributed by atoms with E-state index in [0.717, 1.165) is 31.5 Å². The van der Waals surface area contributed by atoms with E-state index in [4.69, 9.17) is 4.74 Å². The molecule has 2 fully saturated rings. The van der Waals surface area contributed by atoms with Gasteiger partial charge in [0.05, 0.1) is 5.92 Å². The summed E-state index contributed by atoms with van der Waals surface area (Å²) in [5.74, 6) is 1.10. The highest BCUT2D eigenvalue weighted by Crippen LogP contribution is 2.37. The number of hydrogen-bond donors (Lipinski definition) is 1. The molecule has 1 aliphatic heterocycles. The average molecular weight is 259 g/mol. The summed E-state index contributed by atoms with van der Waals surface area (Å²) >= 11 is 0. The zero-order valence-corrected chi connectivity index (χ0v) is 11.2. The van der Waals surface area contributed by atoms with E-state index < -0.39 is 0 Å². The lowest BCUT2D eigenvalue weighted by molar-refractivity contribution is -0.157. The Labute approximate surface area is 114 Å². The smallest absolute Gasteiger partial charge is 0.309 e. The monoisotopic (exact) mass is 259 g/mol. The van der Waals surface area contributed by atoms with Crippen LogP contribution in [0.3, 0.4) is 0 Å². The predicted octanol–water partition coefficient (Wildman–Crippen LogP) is 2.37. The van der Waals surface area contributed by atoms with Gasteiger partial charge in [0, 0.05) is 0 Å². The van der Waals surface area contributed by atoms with Crippen molar-refractivity contribution < 1.29 is 9.53 Å². The topological polar surface area (TPSA) is 38.3 Å². The maximum Gasteiger partial charge on any atom is 0.309 e. The molecule has 0 spiro atoms. The largest absolute Gasteiger partial charge is 0.461 e. The Morgan fingerprint density at radius 3 is 2.53 bits per heavy atom. The molecule has 3 nitrogen and oxygen atoms in total. The maximum atomic E-state index is 12.3. The van der Waals surface area contributed by atoms with Crippen molar-refractivity contribution in [3.05, 3.63) is 35.9 Å². The van der Waals surface area contributed by atoms with Crippen LogP contribution in [0.25, 0.3) is 0 Å². The first-order valence-electron chi connectivity index (χ1n) is 7.26. The number of hydrogen-bond acceptors (Lipinski definition) is 3. The zero-order chi connectivity index (χ0) is 13.1. The Bertz CT molecular complexity index is 410. The standard InChI is InChI=1S/C16H21NO2/c18-16(19-11-12-5-2-1-3-6-12)15-13-7-4-8-14(15)10-17-9-13/h1-3,5-6,13-15,17H,4,7-11H2. The van der Waals surface area contributed by atoms with Crippen LogP contribution in [0.1, 0.15) is 24.8 Å². The van der Waals surface area contributed by atoms with Crippen molar-refractivity contribution in [1.29, 1.82) is 0 Å². The second-order valence-electron chi connectivity index (χ2n) is 5.73. The minimum atomic E-state index is 0.0139. The number of carbonyl (C=O) groups is 1. The van der Waals surface area contributed by atoms with E-state index in [0.29, 0.717) is 18.4 Å². The molecule has 1 saturated heterocycles. The van der Waals surface area contributed by atoms with E-state index in [-0.39, 0.29) is 11.9 Å². The van der Waals surface area contributed by atoms with E-state index in [2.05, 4.69) is 5.32 Å². The number of piperidine rings is 1. The molecule has 0 radical (unpaired) electrons. The number of ether oxygens (including phenoxy) is 1. The quantitative estimate of drug-likeness (QED) is 0.847. The molecule has 1 aromatic carbocycles. The summed E-state index contributed by atoms with van der Waals surface area (Å²) in [5.41, 5.74) is 1.06. The van der Waals surface area contributed by atoms with Gasteiger partial charge < -0.3 is 10.1 Å². The van der Waals surface area contributed by atoms with Gasteiger partial charge in [-0.05, 0) is 43.3 Å². The van der Waals surface area contributed by atoms with Gasteiger partial charge in [0.25, 0.3) is 0 Å². The molecule has 3 heteroatoms. The number of nitrogens with one attached hydrogen (secondary N) is 1. The van der Waals surface area contributed by atoms with Gasteiger partial charge in [-0.2, -0.15) is 0 Å². The molecule has 1 N–H and O–H groups in total. The molecule has 0 amide bonds. The molecule has 2 unspecified atom stereocenters. The minimum Gasteiger partial charge on any atom is -0.461 e. The van der Waals surface area contributed by atoms with E-state index in [1.807, 2.05) is 30.3 Å². The first-order valence-corrected chi connectivity index (χ1v) is 7.26. The summed E-state index contributed by atoms with van der Waals surface area (Å²) in [6, 6.07) is 9.92. The Kier molecular flexibility index (Phi) is 3.83. The van der Waals surface area contributed by atoms with Crippen molar-refractivity contribution in [3.8, 4) is 0 Å². The fraction of sp³-hybridized carbons (Fsp3) is 0.562. The summed E-state index contributed by atoms with van der Waals surface area (Å²) in [6.45, 7) is 2.35. The molecule has 2 aliphatic rings. The molecular weight excluding hydrogens is 238 g/mol. The van der Waals surface area contributed by atoms with Gasteiger partial charge in [0.1, 0.15) is 6.61 Å². The number of rotatable bonds is 3. The molecule has 1 heterocycles. The Balaban J connectivity index is 1.60. The van der Waals surface area contributed by atoms with Crippen molar-refractivity contribution in [3.63, 3.8) is 0 Å². The second-order valence-corrected chi connectivity index (χ2v) is 5.73. The molecular formula is C16H21NO2. The number of carbonyl (C=O) groups excluding carboxylic acids is 1. The van der Waals surface area contributed by atoms with E-state index in [1.54, 1.807) is 0 Å². The summed E-state index contributed by atoms with van der Waals surface area (Å²) in [4.78, 5) is 12.3. The van der Waals surface area contributed by atoms with E-state index >= 15 is 0 Å². The van der Waals surface area contributed by atoms with Gasteiger partial charge in [-0.3, -0.25) is 4.79 Å². The first-order chi connectivity index (χ1) is 9.34. The van der Waals surface area contributed by atoms with E-state index in [1.165, 1.54) is 6.42 Å². The summed E-state index contributed by atoms with van der Waals surface area (Å²) in [7, 11) is 0. The maximum absolute atomic E-state index is 12.3. The molecule has 2 bridgehead atoms. The summed E-state index contributed by atoms with van der Waals surface area (Å²) in [5, 5.41) is 3.44. The van der Waals surface area contributed by atoms with Crippen LogP contribution in [0.15, 0.2) is 30.3 Å². The Morgan fingerprint density at radius 1 is 1.16 bits per heavy atom. The molecule has 2 atom stereocenters. The minimum absolute atomic E-state index is 0.0139. The average Bonchev–Trinajstić information content (AvgIpc) is 2.45. The van der Waals surface area contributed by atoms with Crippen molar-refractivity contribution in [2.75, 3.05) is 13.1 Å². The molecule has 3 rings (SSSR count). The first kappa shape index (κ1) is 12.7. The van der Waals surface area contributed by atoms with Crippen LogP contribution in [0.2, 0.25) is 0 Å². The SMILES string of the molecule is O=C(OCc1ccccc1)C1C2CCCC1CNC2. The van der Waals surface area contributed by atoms with Crippen LogP contribution in [0, 0.1) is 17.8 Å². The highest BCUT2D eigenvalue weighted by Gasteiger charge is 2.41. The van der Waals surface area contributed by atoms with Crippen LogP contribution < -0.4 is 5.32 Å². The van der Waals surface area contributed by atoms with Gasteiger partial charge >= 0.3 is 5.97 Å². The van der Waals surface area contributed by atoms with Crippen molar-refractivity contribution >= 4 is 5.97 Å². The van der Waals surface area contributed by atoms with Crippen molar-refractivity contribution in [2.24, 2.45) is 17.8 Å². The van der Waals surface area contributed by atoms with Gasteiger partial charge in [0.15, 0.2) is 0 Å². The van der Waals surface area contributed by atoms with Crippen LogP contribution >= 0.6 is 0 Å². The van der Waals surface area contributed by atoms with Crippen molar-refractivity contribution in [1.82, 2.24) is 5.32 Å². The van der Waals surface area contributed by atoms with E-state index in [9.17, 15) is 4.79 Å². The third-order valence-electron chi connectivity index (χ3n) is 4.47. The third kappa shape index (κ3) is 2.81. The fourth-order valence-corrected chi connectivity index (χ4v) is 3.51. The van der Waals surface area contributed by atoms with Gasteiger partial charge in [-0.15, -0.1) is 0 Å². The molecule has 0 aromatic heterocycles. The highest BCUT2D eigenvalue weighted by molar-refractivity contribution is 5.73. The molecule has 1 saturated carbocycles. The molecule has 1 aliphatic carbocycles. The summed E-state index contributed by atoms with van der Waals surface area (Å²) in [6.07, 6.45) is 3.59. The number of fused-ring (bicyclic) bond motifs is 2. The third-order valence-corrected chi connectivity index (χ3v) is 4.47. The van der Waals surface area contributed by atoms with Crippen LogP contribution in [-0.2, 0) is 16.1 Å². The van der Waals surface area contributed by atoms with Crippen LogP contribution in [-0.4, -0.2) is 19.1 Å². The highest BCUT2D eigenvalue weighted by atomic mass is 16.5. The lowest BCUT2D eigenvalue weighted by Crippen LogP contribution is -2.49. The fourth-order valence-electron chi connectivity index (χ4n) is 3.51.